The lowest BCUT2D eigenvalue weighted by molar-refractivity contribution is 0.244. The van der Waals surface area contributed by atoms with Crippen molar-refractivity contribution in [2.24, 2.45) is 0 Å². The number of fused-ring (bicyclic) bond motifs is 2. The van der Waals surface area contributed by atoms with E-state index in [1.54, 1.807) is 6.07 Å². The number of nitrogens with zero attached hydrogens (tertiary/aromatic N) is 1. The molecule has 2 fully saturated rings. The van der Waals surface area contributed by atoms with E-state index in [9.17, 15) is 0 Å². The summed E-state index contributed by atoms with van der Waals surface area (Å²) in [4.78, 5) is 2.59. The van der Waals surface area contributed by atoms with E-state index in [0.717, 1.165) is 18.6 Å². The second kappa shape index (κ2) is 4.44. The van der Waals surface area contributed by atoms with E-state index in [2.05, 4.69) is 11.0 Å². The van der Waals surface area contributed by atoms with Crippen LogP contribution in [-0.2, 0) is 6.54 Å². The molecule has 2 bridgehead atoms. The SMILES string of the molecule is OB(O)c1cccc(CN2C3CCC2CC3)c1. The molecule has 0 aromatic heterocycles. The molecule has 1 aromatic carbocycles. The Morgan fingerprint density at radius 1 is 1.12 bits per heavy atom. The highest BCUT2D eigenvalue weighted by Crippen LogP contribution is 2.38. The van der Waals surface area contributed by atoms with Crippen molar-refractivity contribution >= 4 is 12.6 Å². The van der Waals surface area contributed by atoms with Crippen LogP contribution in [-0.4, -0.2) is 34.2 Å². The van der Waals surface area contributed by atoms with E-state index >= 15 is 0 Å². The Morgan fingerprint density at radius 2 is 1.76 bits per heavy atom. The largest absolute Gasteiger partial charge is 0.488 e. The van der Waals surface area contributed by atoms with Gasteiger partial charge in [0.2, 0.25) is 0 Å². The topological polar surface area (TPSA) is 43.7 Å². The first-order valence-corrected chi connectivity index (χ1v) is 6.45. The van der Waals surface area contributed by atoms with Crippen molar-refractivity contribution in [1.82, 2.24) is 4.90 Å². The van der Waals surface area contributed by atoms with Crippen LogP contribution < -0.4 is 5.46 Å². The lowest BCUT2D eigenvalue weighted by atomic mass is 9.79. The van der Waals surface area contributed by atoms with Gasteiger partial charge in [0, 0.05) is 18.6 Å². The Bertz CT molecular complexity index is 390. The molecule has 17 heavy (non-hydrogen) atoms. The molecule has 1 aromatic rings. The van der Waals surface area contributed by atoms with E-state index in [1.807, 2.05) is 12.1 Å². The van der Waals surface area contributed by atoms with Gasteiger partial charge in [-0.3, -0.25) is 4.90 Å². The molecule has 2 N–H and O–H groups in total. The lowest BCUT2D eigenvalue weighted by Gasteiger charge is -2.21. The van der Waals surface area contributed by atoms with Crippen LogP contribution in [0.15, 0.2) is 24.3 Å². The second-order valence-electron chi connectivity index (χ2n) is 5.25. The molecular weight excluding hydrogens is 213 g/mol. The minimum Gasteiger partial charge on any atom is -0.423 e. The zero-order valence-electron chi connectivity index (χ0n) is 9.92. The van der Waals surface area contributed by atoms with Gasteiger partial charge in [0.25, 0.3) is 0 Å². The zero-order chi connectivity index (χ0) is 11.8. The average molecular weight is 231 g/mol. The maximum Gasteiger partial charge on any atom is 0.488 e. The van der Waals surface area contributed by atoms with E-state index in [0.29, 0.717) is 5.46 Å². The number of hydrogen-bond acceptors (Lipinski definition) is 3. The summed E-state index contributed by atoms with van der Waals surface area (Å²) in [5.74, 6) is 0. The summed E-state index contributed by atoms with van der Waals surface area (Å²) in [7, 11) is -1.36. The summed E-state index contributed by atoms with van der Waals surface area (Å²) in [6.07, 6.45) is 5.36. The molecule has 0 saturated carbocycles. The van der Waals surface area contributed by atoms with Gasteiger partial charge >= 0.3 is 7.12 Å². The summed E-state index contributed by atoms with van der Waals surface area (Å²) in [5.41, 5.74) is 1.78. The molecule has 2 heterocycles. The highest BCUT2D eigenvalue weighted by molar-refractivity contribution is 6.58. The highest BCUT2D eigenvalue weighted by atomic mass is 16.4. The molecule has 0 amide bonds. The molecule has 0 radical (unpaired) electrons. The van der Waals surface area contributed by atoms with Crippen molar-refractivity contribution in [3.8, 4) is 0 Å². The second-order valence-corrected chi connectivity index (χ2v) is 5.25. The molecule has 0 unspecified atom stereocenters. The number of rotatable bonds is 3. The van der Waals surface area contributed by atoms with Crippen LogP contribution in [0.1, 0.15) is 31.2 Å². The van der Waals surface area contributed by atoms with Gasteiger partial charge in [0.05, 0.1) is 0 Å². The molecule has 90 valence electrons. The van der Waals surface area contributed by atoms with Crippen LogP contribution in [0.2, 0.25) is 0 Å². The summed E-state index contributed by atoms with van der Waals surface area (Å²) in [5, 5.41) is 18.3. The van der Waals surface area contributed by atoms with Gasteiger partial charge in [0.15, 0.2) is 0 Å². The summed E-state index contributed by atoms with van der Waals surface area (Å²) in [6.45, 7) is 0.954. The quantitative estimate of drug-likeness (QED) is 0.744. The van der Waals surface area contributed by atoms with E-state index < -0.39 is 7.12 Å². The lowest BCUT2D eigenvalue weighted by Crippen LogP contribution is -2.32. The van der Waals surface area contributed by atoms with Crippen LogP contribution in [0.4, 0.5) is 0 Å². The summed E-state index contributed by atoms with van der Waals surface area (Å²) >= 11 is 0. The van der Waals surface area contributed by atoms with Gasteiger partial charge in [-0.2, -0.15) is 0 Å². The molecule has 0 atom stereocenters. The summed E-state index contributed by atoms with van der Waals surface area (Å²) in [6, 6.07) is 9.17. The predicted molar refractivity (Wildman–Crippen MR) is 67.9 cm³/mol. The first kappa shape index (κ1) is 11.3. The minimum atomic E-state index is -1.36. The predicted octanol–water partition coefficient (Wildman–Crippen LogP) is 0.493. The Hall–Kier alpha value is -0.835. The Balaban J connectivity index is 1.75. The van der Waals surface area contributed by atoms with Gasteiger partial charge in [-0.1, -0.05) is 24.3 Å². The fraction of sp³-hybridized carbons (Fsp3) is 0.538. The third kappa shape index (κ3) is 2.13. The maximum absolute atomic E-state index is 9.17. The normalized spacial score (nSPS) is 27.6. The van der Waals surface area contributed by atoms with E-state index in [4.69, 9.17) is 10.0 Å². The number of benzene rings is 1. The van der Waals surface area contributed by atoms with E-state index in [1.165, 1.54) is 31.2 Å². The smallest absolute Gasteiger partial charge is 0.423 e. The van der Waals surface area contributed by atoms with Gasteiger partial charge in [-0.25, -0.2) is 0 Å². The fourth-order valence-corrected chi connectivity index (χ4v) is 3.34. The first-order chi connectivity index (χ1) is 8.24. The van der Waals surface area contributed by atoms with Gasteiger partial charge in [0.1, 0.15) is 0 Å². The van der Waals surface area contributed by atoms with Crippen molar-refractivity contribution < 1.29 is 10.0 Å². The molecule has 0 spiro atoms. The standard InChI is InChI=1S/C13H18BNO2/c16-14(17)11-3-1-2-10(8-11)9-15-12-4-5-13(15)7-6-12/h1-3,8,12-13,16-17H,4-7,9H2. The third-order valence-corrected chi connectivity index (χ3v) is 4.22. The first-order valence-electron chi connectivity index (χ1n) is 6.45. The average Bonchev–Trinajstić information content (AvgIpc) is 2.89. The van der Waals surface area contributed by atoms with Gasteiger partial charge in [-0.15, -0.1) is 0 Å². The Morgan fingerprint density at radius 3 is 2.35 bits per heavy atom. The summed E-state index contributed by atoms with van der Waals surface area (Å²) < 4.78 is 0. The van der Waals surface area contributed by atoms with Crippen LogP contribution in [0.5, 0.6) is 0 Å². The molecule has 0 aliphatic carbocycles. The molecule has 4 heteroatoms. The third-order valence-electron chi connectivity index (χ3n) is 4.22. The van der Waals surface area contributed by atoms with Crippen molar-refractivity contribution in [2.75, 3.05) is 0 Å². The van der Waals surface area contributed by atoms with Crippen molar-refractivity contribution in [3.63, 3.8) is 0 Å². The molecule has 3 nitrogen and oxygen atoms in total. The number of hydrogen-bond donors (Lipinski definition) is 2. The zero-order valence-corrected chi connectivity index (χ0v) is 9.92. The van der Waals surface area contributed by atoms with Crippen LogP contribution in [0, 0.1) is 0 Å². The minimum absolute atomic E-state index is 0.592. The Labute approximate surface area is 102 Å². The van der Waals surface area contributed by atoms with Crippen molar-refractivity contribution in [3.05, 3.63) is 29.8 Å². The van der Waals surface area contributed by atoms with Crippen molar-refractivity contribution in [2.45, 2.75) is 44.3 Å². The van der Waals surface area contributed by atoms with Crippen LogP contribution in [0.25, 0.3) is 0 Å². The van der Waals surface area contributed by atoms with Gasteiger partial charge in [-0.05, 0) is 36.7 Å². The van der Waals surface area contributed by atoms with Crippen molar-refractivity contribution in [1.29, 1.82) is 0 Å². The van der Waals surface area contributed by atoms with Crippen LogP contribution in [0.3, 0.4) is 0 Å². The molecule has 2 saturated heterocycles. The highest BCUT2D eigenvalue weighted by Gasteiger charge is 2.38. The van der Waals surface area contributed by atoms with E-state index in [-0.39, 0.29) is 0 Å². The Kier molecular flexibility index (Phi) is 2.95. The maximum atomic E-state index is 9.17. The van der Waals surface area contributed by atoms with Crippen LogP contribution >= 0.6 is 0 Å². The molecule has 2 aliphatic heterocycles. The fourth-order valence-electron chi connectivity index (χ4n) is 3.34. The van der Waals surface area contributed by atoms with Gasteiger partial charge < -0.3 is 10.0 Å². The molecular formula is C13H18BNO2. The molecule has 3 rings (SSSR count). The monoisotopic (exact) mass is 231 g/mol. The molecule has 2 aliphatic rings.